The number of hydrogen-bond donors (Lipinski definition) is 3. The van der Waals surface area contributed by atoms with Gasteiger partial charge in [-0.05, 0) is 25.0 Å². The van der Waals surface area contributed by atoms with Crippen molar-refractivity contribution in [2.24, 2.45) is 0 Å². The highest BCUT2D eigenvalue weighted by Crippen LogP contribution is 2.18. The summed E-state index contributed by atoms with van der Waals surface area (Å²) in [5.74, 6) is 5.14. The molecule has 5 heteroatoms. The molecule has 0 saturated heterocycles. The molecule has 1 aliphatic carbocycles. The van der Waals surface area contributed by atoms with Crippen molar-refractivity contribution in [2.45, 2.75) is 25.3 Å². The first-order valence-electron chi connectivity index (χ1n) is 6.97. The monoisotopic (exact) mass is 286 g/mol. The number of benzene rings is 1. The molecule has 1 aromatic carbocycles. The SMILES string of the molecule is O=C(CNC(=O)c1ccccc1C#CCCO)NC1CC1. The average Bonchev–Trinajstić information content (AvgIpc) is 3.29. The molecule has 0 bridgehead atoms. The smallest absolute Gasteiger partial charge is 0.252 e. The molecular formula is C16H18N2O3. The van der Waals surface area contributed by atoms with Gasteiger partial charge in [-0.15, -0.1) is 0 Å². The minimum atomic E-state index is -0.324. The van der Waals surface area contributed by atoms with Crippen LogP contribution in [0.15, 0.2) is 24.3 Å². The number of carbonyl (C=O) groups excluding carboxylic acids is 2. The summed E-state index contributed by atoms with van der Waals surface area (Å²) in [5.41, 5.74) is 1.02. The third kappa shape index (κ3) is 4.93. The molecule has 1 aromatic rings. The van der Waals surface area contributed by atoms with Gasteiger partial charge in [-0.25, -0.2) is 0 Å². The second-order valence-corrected chi connectivity index (χ2v) is 4.85. The lowest BCUT2D eigenvalue weighted by molar-refractivity contribution is -0.120. The summed E-state index contributed by atoms with van der Waals surface area (Å²) < 4.78 is 0. The predicted octanol–water partition coefficient (Wildman–Crippen LogP) is 0.429. The number of aliphatic hydroxyl groups excluding tert-OH is 1. The average molecular weight is 286 g/mol. The number of aliphatic hydroxyl groups is 1. The van der Waals surface area contributed by atoms with Gasteiger partial charge in [-0.1, -0.05) is 24.0 Å². The van der Waals surface area contributed by atoms with E-state index in [1.165, 1.54) is 0 Å². The van der Waals surface area contributed by atoms with Crippen LogP contribution in [-0.2, 0) is 4.79 Å². The number of rotatable bonds is 5. The molecular weight excluding hydrogens is 268 g/mol. The Bertz CT molecular complexity index is 583. The topological polar surface area (TPSA) is 78.4 Å². The largest absolute Gasteiger partial charge is 0.395 e. The lowest BCUT2D eigenvalue weighted by Crippen LogP contribution is -2.38. The van der Waals surface area contributed by atoms with Crippen LogP contribution in [0.2, 0.25) is 0 Å². The first-order valence-corrected chi connectivity index (χ1v) is 6.97. The Balaban J connectivity index is 1.94. The summed E-state index contributed by atoms with van der Waals surface area (Å²) in [6, 6.07) is 7.22. The molecule has 1 aliphatic rings. The maximum Gasteiger partial charge on any atom is 0.252 e. The minimum absolute atomic E-state index is 0.0112. The van der Waals surface area contributed by atoms with Gasteiger partial charge in [0.15, 0.2) is 0 Å². The third-order valence-electron chi connectivity index (χ3n) is 2.98. The summed E-state index contributed by atoms with van der Waals surface area (Å²) in [4.78, 5) is 23.6. The Kier molecular flexibility index (Phi) is 5.35. The van der Waals surface area contributed by atoms with Crippen molar-refractivity contribution in [3.05, 3.63) is 35.4 Å². The third-order valence-corrected chi connectivity index (χ3v) is 2.98. The Morgan fingerprint density at radius 2 is 2.05 bits per heavy atom. The maximum atomic E-state index is 12.1. The van der Waals surface area contributed by atoms with Crippen LogP contribution in [0.25, 0.3) is 0 Å². The van der Waals surface area contributed by atoms with Gasteiger partial charge in [0.05, 0.1) is 18.7 Å². The van der Waals surface area contributed by atoms with Crippen molar-refractivity contribution in [3.63, 3.8) is 0 Å². The fraction of sp³-hybridized carbons (Fsp3) is 0.375. The molecule has 5 nitrogen and oxygen atoms in total. The Labute approximate surface area is 123 Å². The summed E-state index contributed by atoms with van der Waals surface area (Å²) in [6.45, 7) is -0.0452. The first kappa shape index (κ1) is 15.1. The van der Waals surface area contributed by atoms with Gasteiger partial charge in [0, 0.05) is 18.0 Å². The molecule has 0 heterocycles. The molecule has 21 heavy (non-hydrogen) atoms. The Morgan fingerprint density at radius 1 is 1.29 bits per heavy atom. The highest BCUT2D eigenvalue weighted by Gasteiger charge is 2.23. The van der Waals surface area contributed by atoms with Gasteiger partial charge < -0.3 is 15.7 Å². The Morgan fingerprint density at radius 3 is 2.76 bits per heavy atom. The molecule has 0 atom stereocenters. The molecule has 0 aliphatic heterocycles. The van der Waals surface area contributed by atoms with E-state index in [9.17, 15) is 9.59 Å². The van der Waals surface area contributed by atoms with Gasteiger partial charge >= 0.3 is 0 Å². The van der Waals surface area contributed by atoms with Crippen LogP contribution in [0, 0.1) is 11.8 Å². The van der Waals surface area contributed by atoms with E-state index < -0.39 is 0 Å². The molecule has 2 amide bonds. The standard InChI is InChI=1S/C16H18N2O3/c19-10-4-3-6-12-5-1-2-7-14(12)16(21)17-11-15(20)18-13-8-9-13/h1-2,5,7,13,19H,4,8-11H2,(H,17,21)(H,18,20). The summed E-state index contributed by atoms with van der Waals surface area (Å²) in [5, 5.41) is 14.1. The van der Waals surface area contributed by atoms with Crippen molar-refractivity contribution in [3.8, 4) is 11.8 Å². The molecule has 1 saturated carbocycles. The van der Waals surface area contributed by atoms with Gasteiger partial charge in [0.1, 0.15) is 0 Å². The van der Waals surface area contributed by atoms with Crippen molar-refractivity contribution >= 4 is 11.8 Å². The highest BCUT2D eigenvalue weighted by atomic mass is 16.2. The molecule has 0 unspecified atom stereocenters. The molecule has 0 radical (unpaired) electrons. The van der Waals surface area contributed by atoms with E-state index in [-0.39, 0.29) is 31.0 Å². The zero-order valence-corrected chi connectivity index (χ0v) is 11.7. The lowest BCUT2D eigenvalue weighted by atomic mass is 10.1. The van der Waals surface area contributed by atoms with Crippen molar-refractivity contribution < 1.29 is 14.7 Å². The number of amides is 2. The fourth-order valence-corrected chi connectivity index (χ4v) is 1.77. The van der Waals surface area contributed by atoms with E-state index in [4.69, 9.17) is 5.11 Å². The van der Waals surface area contributed by atoms with E-state index in [2.05, 4.69) is 22.5 Å². The predicted molar refractivity (Wildman–Crippen MR) is 78.5 cm³/mol. The van der Waals surface area contributed by atoms with E-state index in [1.807, 2.05) is 0 Å². The summed E-state index contributed by atoms with van der Waals surface area (Å²) in [6.07, 6.45) is 2.39. The quantitative estimate of drug-likeness (QED) is 0.687. The zero-order valence-electron chi connectivity index (χ0n) is 11.7. The molecule has 3 N–H and O–H groups in total. The second kappa shape index (κ2) is 7.46. The lowest BCUT2D eigenvalue weighted by Gasteiger charge is -2.07. The number of carbonyl (C=O) groups is 2. The normalized spacial score (nSPS) is 13.0. The molecule has 0 aromatic heterocycles. The van der Waals surface area contributed by atoms with Crippen LogP contribution < -0.4 is 10.6 Å². The van der Waals surface area contributed by atoms with E-state index in [0.717, 1.165) is 12.8 Å². The molecule has 110 valence electrons. The van der Waals surface area contributed by atoms with Crippen LogP contribution in [0.5, 0.6) is 0 Å². The van der Waals surface area contributed by atoms with E-state index in [0.29, 0.717) is 17.5 Å². The van der Waals surface area contributed by atoms with Gasteiger partial charge in [-0.3, -0.25) is 9.59 Å². The highest BCUT2D eigenvalue weighted by molar-refractivity contribution is 5.98. The van der Waals surface area contributed by atoms with Crippen LogP contribution in [-0.4, -0.2) is 36.1 Å². The number of nitrogens with one attached hydrogen (secondary N) is 2. The Hall–Kier alpha value is -2.32. The fourth-order valence-electron chi connectivity index (χ4n) is 1.77. The van der Waals surface area contributed by atoms with Crippen molar-refractivity contribution in [1.82, 2.24) is 10.6 Å². The van der Waals surface area contributed by atoms with Crippen molar-refractivity contribution in [2.75, 3.05) is 13.2 Å². The maximum absolute atomic E-state index is 12.1. The molecule has 1 fully saturated rings. The van der Waals surface area contributed by atoms with Crippen LogP contribution in [0.4, 0.5) is 0 Å². The first-order chi connectivity index (χ1) is 10.2. The van der Waals surface area contributed by atoms with Crippen LogP contribution in [0.1, 0.15) is 35.2 Å². The van der Waals surface area contributed by atoms with E-state index in [1.54, 1.807) is 24.3 Å². The summed E-state index contributed by atoms with van der Waals surface area (Å²) in [7, 11) is 0. The van der Waals surface area contributed by atoms with Crippen LogP contribution >= 0.6 is 0 Å². The van der Waals surface area contributed by atoms with Gasteiger partial charge in [-0.2, -0.15) is 0 Å². The zero-order chi connectivity index (χ0) is 15.1. The second-order valence-electron chi connectivity index (χ2n) is 4.85. The van der Waals surface area contributed by atoms with Gasteiger partial charge in [0.2, 0.25) is 5.91 Å². The van der Waals surface area contributed by atoms with Crippen molar-refractivity contribution in [1.29, 1.82) is 0 Å². The number of hydrogen-bond acceptors (Lipinski definition) is 3. The summed E-state index contributed by atoms with van der Waals surface area (Å²) >= 11 is 0. The van der Waals surface area contributed by atoms with Crippen LogP contribution in [0.3, 0.4) is 0 Å². The molecule has 0 spiro atoms. The van der Waals surface area contributed by atoms with Gasteiger partial charge in [0.25, 0.3) is 5.91 Å². The minimum Gasteiger partial charge on any atom is -0.395 e. The van der Waals surface area contributed by atoms with E-state index >= 15 is 0 Å². The molecule has 2 rings (SSSR count).